The fourth-order valence-corrected chi connectivity index (χ4v) is 1.97. The quantitative estimate of drug-likeness (QED) is 0.852. The molecule has 0 bridgehead atoms. The molecule has 0 spiro atoms. The van der Waals surface area contributed by atoms with Crippen molar-refractivity contribution >= 4 is 0 Å². The Morgan fingerprint density at radius 1 is 1.10 bits per heavy atom. The van der Waals surface area contributed by atoms with Crippen molar-refractivity contribution in [1.82, 2.24) is 4.98 Å². The Labute approximate surface area is 125 Å². The number of ether oxygens (including phenoxy) is 2. The SMILES string of the molecule is COc1ccc(Oc2ccnc(C#N)c2)c(C(C)(C)C)c1. The molecule has 2 rings (SSSR count). The average Bonchev–Trinajstić information content (AvgIpc) is 2.46. The number of methoxy groups -OCH3 is 1. The second kappa shape index (κ2) is 5.84. The number of hydrogen-bond acceptors (Lipinski definition) is 4. The zero-order valence-corrected chi connectivity index (χ0v) is 12.7. The fraction of sp³-hybridized carbons (Fsp3) is 0.294. The summed E-state index contributed by atoms with van der Waals surface area (Å²) >= 11 is 0. The number of rotatable bonds is 3. The second-order valence-corrected chi connectivity index (χ2v) is 5.70. The number of nitriles is 1. The van der Waals surface area contributed by atoms with Gasteiger partial charge < -0.3 is 9.47 Å². The van der Waals surface area contributed by atoms with Crippen molar-refractivity contribution in [2.45, 2.75) is 26.2 Å². The first-order valence-corrected chi connectivity index (χ1v) is 6.66. The first-order valence-electron chi connectivity index (χ1n) is 6.66. The standard InChI is InChI=1S/C17H18N2O2/c1-17(2,3)15-10-13(20-4)5-6-16(15)21-14-7-8-19-12(9-14)11-18/h5-10H,1-4H3. The van der Waals surface area contributed by atoms with E-state index in [-0.39, 0.29) is 5.41 Å². The van der Waals surface area contributed by atoms with E-state index < -0.39 is 0 Å². The van der Waals surface area contributed by atoms with Gasteiger partial charge in [0.05, 0.1) is 7.11 Å². The molecule has 4 heteroatoms. The molecule has 1 aromatic carbocycles. The van der Waals surface area contributed by atoms with Crippen LogP contribution in [0.2, 0.25) is 0 Å². The Morgan fingerprint density at radius 3 is 2.48 bits per heavy atom. The molecule has 4 nitrogen and oxygen atoms in total. The summed E-state index contributed by atoms with van der Waals surface area (Å²) in [6.07, 6.45) is 1.56. The maximum Gasteiger partial charge on any atom is 0.144 e. The molecule has 2 aromatic rings. The predicted molar refractivity (Wildman–Crippen MR) is 80.7 cm³/mol. The predicted octanol–water partition coefficient (Wildman–Crippen LogP) is 4.05. The number of aromatic nitrogens is 1. The monoisotopic (exact) mass is 282 g/mol. The smallest absolute Gasteiger partial charge is 0.144 e. The van der Waals surface area contributed by atoms with Gasteiger partial charge in [0, 0.05) is 17.8 Å². The molecule has 0 aliphatic heterocycles. The lowest BCUT2D eigenvalue weighted by atomic mass is 9.86. The summed E-state index contributed by atoms with van der Waals surface area (Å²) in [4.78, 5) is 3.94. The molecule has 1 aromatic heterocycles. The van der Waals surface area contributed by atoms with Crippen molar-refractivity contribution in [1.29, 1.82) is 5.26 Å². The molecular weight excluding hydrogens is 264 g/mol. The van der Waals surface area contributed by atoms with Gasteiger partial charge >= 0.3 is 0 Å². The summed E-state index contributed by atoms with van der Waals surface area (Å²) in [5, 5.41) is 8.90. The minimum Gasteiger partial charge on any atom is -0.497 e. The first kappa shape index (κ1) is 14.9. The third-order valence-corrected chi connectivity index (χ3v) is 3.07. The van der Waals surface area contributed by atoms with E-state index in [1.807, 2.05) is 24.3 Å². The van der Waals surface area contributed by atoms with E-state index in [1.165, 1.54) is 0 Å². The third kappa shape index (κ3) is 3.51. The van der Waals surface area contributed by atoms with Gasteiger partial charge in [0.2, 0.25) is 0 Å². The van der Waals surface area contributed by atoms with Crippen LogP contribution in [0.25, 0.3) is 0 Å². The lowest BCUT2D eigenvalue weighted by molar-refractivity contribution is 0.407. The third-order valence-electron chi connectivity index (χ3n) is 3.07. The topological polar surface area (TPSA) is 55.1 Å². The van der Waals surface area contributed by atoms with Crippen molar-refractivity contribution in [3.8, 4) is 23.3 Å². The van der Waals surface area contributed by atoms with Crippen LogP contribution in [0.15, 0.2) is 36.5 Å². The lowest BCUT2D eigenvalue weighted by Gasteiger charge is -2.23. The summed E-state index contributed by atoms with van der Waals surface area (Å²) in [5.41, 5.74) is 1.28. The Kier molecular flexibility index (Phi) is 4.13. The number of nitrogens with zero attached hydrogens (tertiary/aromatic N) is 2. The van der Waals surface area contributed by atoms with Gasteiger partial charge in [0.25, 0.3) is 0 Å². The van der Waals surface area contributed by atoms with E-state index >= 15 is 0 Å². The number of pyridine rings is 1. The zero-order valence-electron chi connectivity index (χ0n) is 12.7. The molecule has 0 N–H and O–H groups in total. The van der Waals surface area contributed by atoms with E-state index in [0.29, 0.717) is 11.4 Å². The molecule has 0 aliphatic carbocycles. The van der Waals surface area contributed by atoms with Gasteiger partial charge in [-0.25, -0.2) is 4.98 Å². The molecule has 0 fully saturated rings. The van der Waals surface area contributed by atoms with E-state index in [1.54, 1.807) is 25.4 Å². The van der Waals surface area contributed by atoms with Crippen LogP contribution in [0.3, 0.4) is 0 Å². The highest BCUT2D eigenvalue weighted by Gasteiger charge is 2.20. The summed E-state index contributed by atoms with van der Waals surface area (Å²) in [7, 11) is 1.64. The van der Waals surface area contributed by atoms with Crippen molar-refractivity contribution in [3.05, 3.63) is 47.8 Å². The highest BCUT2D eigenvalue weighted by atomic mass is 16.5. The fourth-order valence-electron chi connectivity index (χ4n) is 1.97. The van der Waals surface area contributed by atoms with Crippen LogP contribution in [-0.4, -0.2) is 12.1 Å². The molecule has 0 saturated heterocycles. The largest absolute Gasteiger partial charge is 0.497 e. The van der Waals surface area contributed by atoms with Gasteiger partial charge in [0.1, 0.15) is 29.0 Å². The van der Waals surface area contributed by atoms with E-state index in [2.05, 4.69) is 25.8 Å². The van der Waals surface area contributed by atoms with Crippen LogP contribution < -0.4 is 9.47 Å². The van der Waals surface area contributed by atoms with Crippen molar-refractivity contribution < 1.29 is 9.47 Å². The molecule has 0 saturated carbocycles. The van der Waals surface area contributed by atoms with E-state index in [9.17, 15) is 0 Å². The van der Waals surface area contributed by atoms with Gasteiger partial charge in [-0.05, 0) is 29.7 Å². The van der Waals surface area contributed by atoms with Gasteiger partial charge in [-0.2, -0.15) is 5.26 Å². The van der Waals surface area contributed by atoms with Gasteiger partial charge in [-0.3, -0.25) is 0 Å². The normalized spacial score (nSPS) is 10.8. The van der Waals surface area contributed by atoms with Crippen LogP contribution >= 0.6 is 0 Å². The molecule has 0 unspecified atom stereocenters. The van der Waals surface area contributed by atoms with Gasteiger partial charge in [-0.15, -0.1) is 0 Å². The molecule has 1 heterocycles. The Balaban J connectivity index is 2.41. The van der Waals surface area contributed by atoms with E-state index in [4.69, 9.17) is 14.7 Å². The summed E-state index contributed by atoms with van der Waals surface area (Å²) < 4.78 is 11.2. The second-order valence-electron chi connectivity index (χ2n) is 5.70. The van der Waals surface area contributed by atoms with Gasteiger partial charge in [-0.1, -0.05) is 20.8 Å². The number of hydrogen-bond donors (Lipinski definition) is 0. The minimum absolute atomic E-state index is 0.0883. The Hall–Kier alpha value is -2.54. The summed E-state index contributed by atoms with van der Waals surface area (Å²) in [5.74, 6) is 2.13. The Morgan fingerprint density at radius 2 is 1.86 bits per heavy atom. The average molecular weight is 282 g/mol. The van der Waals surface area contributed by atoms with Crippen LogP contribution in [-0.2, 0) is 5.41 Å². The van der Waals surface area contributed by atoms with Crippen LogP contribution in [0.1, 0.15) is 32.0 Å². The highest BCUT2D eigenvalue weighted by Crippen LogP contribution is 2.36. The van der Waals surface area contributed by atoms with Crippen LogP contribution in [0, 0.1) is 11.3 Å². The molecule has 108 valence electrons. The molecule has 21 heavy (non-hydrogen) atoms. The number of benzene rings is 1. The maximum atomic E-state index is 8.90. The molecular formula is C17H18N2O2. The van der Waals surface area contributed by atoms with Crippen LogP contribution in [0.5, 0.6) is 17.2 Å². The summed E-state index contributed by atoms with van der Waals surface area (Å²) in [6, 6.07) is 11.1. The maximum absolute atomic E-state index is 8.90. The van der Waals surface area contributed by atoms with Gasteiger partial charge in [0.15, 0.2) is 0 Å². The highest BCUT2D eigenvalue weighted by molar-refractivity contribution is 5.46. The van der Waals surface area contributed by atoms with E-state index in [0.717, 1.165) is 17.1 Å². The van der Waals surface area contributed by atoms with Crippen molar-refractivity contribution in [3.63, 3.8) is 0 Å². The molecule has 0 amide bonds. The van der Waals surface area contributed by atoms with Crippen LogP contribution in [0.4, 0.5) is 0 Å². The Bertz CT molecular complexity index is 682. The summed E-state index contributed by atoms with van der Waals surface area (Å²) in [6.45, 7) is 6.34. The van der Waals surface area contributed by atoms with Crippen molar-refractivity contribution in [2.24, 2.45) is 0 Å². The van der Waals surface area contributed by atoms with Crippen molar-refractivity contribution in [2.75, 3.05) is 7.11 Å². The zero-order chi connectivity index (χ0) is 15.5. The molecule has 0 aliphatic rings. The first-order chi connectivity index (χ1) is 9.94. The lowest BCUT2D eigenvalue weighted by Crippen LogP contribution is -2.12. The minimum atomic E-state index is -0.0883. The molecule has 0 atom stereocenters. The molecule has 0 radical (unpaired) electrons.